The number of hydrogen-bond acceptors (Lipinski definition) is 2. The van der Waals surface area contributed by atoms with E-state index in [2.05, 4.69) is 44.8 Å². The lowest BCUT2D eigenvalue weighted by Crippen LogP contribution is -2.40. The molecule has 14 heavy (non-hydrogen) atoms. The molecule has 1 atom stereocenters. The monoisotopic (exact) mass is 198 g/mol. The molecular formula is C12H26N2. The molecule has 0 radical (unpaired) electrons. The lowest BCUT2D eigenvalue weighted by atomic mass is 10.1. The van der Waals surface area contributed by atoms with E-state index in [1.165, 1.54) is 26.1 Å². The van der Waals surface area contributed by atoms with Gasteiger partial charge in [0, 0.05) is 18.1 Å². The van der Waals surface area contributed by atoms with Gasteiger partial charge in [0.1, 0.15) is 0 Å². The van der Waals surface area contributed by atoms with Crippen LogP contribution in [-0.2, 0) is 0 Å². The van der Waals surface area contributed by atoms with Crippen LogP contribution in [0, 0.1) is 5.92 Å². The van der Waals surface area contributed by atoms with Gasteiger partial charge in [0.25, 0.3) is 0 Å². The zero-order valence-corrected chi connectivity index (χ0v) is 10.4. The average molecular weight is 198 g/mol. The van der Waals surface area contributed by atoms with E-state index in [1.54, 1.807) is 0 Å². The summed E-state index contributed by atoms with van der Waals surface area (Å²) in [7, 11) is 0. The van der Waals surface area contributed by atoms with Crippen LogP contribution < -0.4 is 5.32 Å². The number of likely N-dealkylation sites (tertiary alicyclic amines) is 1. The molecule has 1 N–H and O–H groups in total. The van der Waals surface area contributed by atoms with Crippen molar-refractivity contribution < 1.29 is 0 Å². The molecule has 1 fully saturated rings. The van der Waals surface area contributed by atoms with Gasteiger partial charge in [0.05, 0.1) is 0 Å². The Hall–Kier alpha value is -0.0800. The Kier molecular flexibility index (Phi) is 3.96. The van der Waals surface area contributed by atoms with Gasteiger partial charge in [-0.25, -0.2) is 0 Å². The fourth-order valence-corrected chi connectivity index (χ4v) is 1.95. The lowest BCUT2D eigenvalue weighted by molar-refractivity contribution is 0.260. The predicted octanol–water partition coefficient (Wildman–Crippen LogP) is 2.10. The molecule has 1 aliphatic heterocycles. The summed E-state index contributed by atoms with van der Waals surface area (Å²) in [4.78, 5) is 2.58. The molecule has 2 nitrogen and oxygen atoms in total. The molecule has 0 aromatic heterocycles. The molecule has 0 bridgehead atoms. The zero-order chi connectivity index (χ0) is 10.8. The summed E-state index contributed by atoms with van der Waals surface area (Å²) in [5, 5.41) is 3.60. The third-order valence-corrected chi connectivity index (χ3v) is 2.97. The first-order valence-corrected chi connectivity index (χ1v) is 5.87. The van der Waals surface area contributed by atoms with Crippen molar-refractivity contribution >= 4 is 0 Å². The van der Waals surface area contributed by atoms with E-state index in [9.17, 15) is 0 Å². The Morgan fingerprint density at radius 1 is 1.36 bits per heavy atom. The summed E-state index contributed by atoms with van der Waals surface area (Å²) >= 11 is 0. The van der Waals surface area contributed by atoms with Gasteiger partial charge in [-0.15, -0.1) is 0 Å². The molecule has 0 amide bonds. The fourth-order valence-electron chi connectivity index (χ4n) is 1.95. The van der Waals surface area contributed by atoms with Crippen molar-refractivity contribution in [2.75, 3.05) is 19.6 Å². The predicted molar refractivity (Wildman–Crippen MR) is 62.6 cm³/mol. The maximum atomic E-state index is 3.60. The van der Waals surface area contributed by atoms with Gasteiger partial charge in [-0.2, -0.15) is 0 Å². The molecule has 0 saturated carbocycles. The van der Waals surface area contributed by atoms with Crippen molar-refractivity contribution in [1.82, 2.24) is 10.2 Å². The third kappa shape index (κ3) is 3.97. The second-order valence-electron chi connectivity index (χ2n) is 5.87. The summed E-state index contributed by atoms with van der Waals surface area (Å²) < 4.78 is 0. The van der Waals surface area contributed by atoms with Crippen molar-refractivity contribution in [3.8, 4) is 0 Å². The van der Waals surface area contributed by atoms with Crippen molar-refractivity contribution in [2.45, 2.75) is 52.6 Å². The van der Waals surface area contributed by atoms with Gasteiger partial charge in [0.2, 0.25) is 0 Å². The quantitative estimate of drug-likeness (QED) is 0.747. The molecule has 1 aliphatic rings. The molecular weight excluding hydrogens is 172 g/mol. The first-order valence-electron chi connectivity index (χ1n) is 5.87. The minimum Gasteiger partial charge on any atom is -0.312 e. The van der Waals surface area contributed by atoms with Gasteiger partial charge >= 0.3 is 0 Å². The zero-order valence-electron chi connectivity index (χ0n) is 10.4. The van der Waals surface area contributed by atoms with Crippen molar-refractivity contribution in [3.05, 3.63) is 0 Å². The van der Waals surface area contributed by atoms with Crippen LogP contribution in [0.4, 0.5) is 0 Å². The van der Waals surface area contributed by atoms with E-state index in [4.69, 9.17) is 0 Å². The van der Waals surface area contributed by atoms with Gasteiger partial charge in [0.15, 0.2) is 0 Å². The number of hydrogen-bond donors (Lipinski definition) is 1. The molecule has 1 heterocycles. The molecule has 0 aromatic carbocycles. The van der Waals surface area contributed by atoms with E-state index in [1.807, 2.05) is 0 Å². The van der Waals surface area contributed by atoms with E-state index in [0.717, 1.165) is 12.0 Å². The van der Waals surface area contributed by atoms with Crippen LogP contribution in [0.15, 0.2) is 0 Å². The highest BCUT2D eigenvalue weighted by molar-refractivity contribution is 4.81. The summed E-state index contributed by atoms with van der Waals surface area (Å²) in [5.74, 6) is 0.858. The normalized spacial score (nSPS) is 24.9. The number of nitrogens with zero attached hydrogens (tertiary/aromatic N) is 1. The Labute approximate surface area is 89.1 Å². The van der Waals surface area contributed by atoms with Crippen molar-refractivity contribution in [1.29, 1.82) is 0 Å². The van der Waals surface area contributed by atoms with Crippen LogP contribution in [0.1, 0.15) is 41.0 Å². The smallest absolute Gasteiger partial charge is 0.00966 e. The molecule has 2 heteroatoms. The standard InChI is InChI=1S/C12H26N2/c1-10(2)14-7-6-11(9-14)8-13-12(3,4)5/h10-11,13H,6-9H2,1-5H3/t11-/m0/s1. The SMILES string of the molecule is CC(C)N1CC[C@@H](CNC(C)(C)C)C1. The maximum Gasteiger partial charge on any atom is 0.00966 e. The van der Waals surface area contributed by atoms with Gasteiger partial charge in [-0.05, 0) is 60.0 Å². The number of nitrogens with one attached hydrogen (secondary N) is 1. The summed E-state index contributed by atoms with van der Waals surface area (Å²) in [6, 6.07) is 0.717. The lowest BCUT2D eigenvalue weighted by Gasteiger charge is -2.24. The third-order valence-electron chi connectivity index (χ3n) is 2.97. The minimum atomic E-state index is 0.269. The molecule has 0 unspecified atom stereocenters. The van der Waals surface area contributed by atoms with Gasteiger partial charge in [-0.1, -0.05) is 0 Å². The summed E-state index contributed by atoms with van der Waals surface area (Å²) in [6.45, 7) is 15.0. The highest BCUT2D eigenvalue weighted by atomic mass is 15.2. The first kappa shape index (κ1) is 12.0. The Bertz CT molecular complexity index is 170. The van der Waals surface area contributed by atoms with Crippen LogP contribution in [-0.4, -0.2) is 36.1 Å². The second-order valence-corrected chi connectivity index (χ2v) is 5.87. The van der Waals surface area contributed by atoms with Crippen molar-refractivity contribution in [3.63, 3.8) is 0 Å². The van der Waals surface area contributed by atoms with Crippen molar-refractivity contribution in [2.24, 2.45) is 5.92 Å². The Morgan fingerprint density at radius 2 is 2.00 bits per heavy atom. The first-order chi connectivity index (χ1) is 6.38. The maximum absolute atomic E-state index is 3.60. The van der Waals surface area contributed by atoms with E-state index >= 15 is 0 Å². The average Bonchev–Trinajstić information content (AvgIpc) is 2.47. The van der Waals surface area contributed by atoms with Crippen LogP contribution >= 0.6 is 0 Å². The molecule has 84 valence electrons. The van der Waals surface area contributed by atoms with Crippen LogP contribution in [0.25, 0.3) is 0 Å². The Balaban J connectivity index is 2.23. The fraction of sp³-hybridized carbons (Fsp3) is 1.00. The van der Waals surface area contributed by atoms with Gasteiger partial charge in [-0.3, -0.25) is 0 Å². The van der Waals surface area contributed by atoms with Crippen LogP contribution in [0.3, 0.4) is 0 Å². The minimum absolute atomic E-state index is 0.269. The summed E-state index contributed by atoms with van der Waals surface area (Å²) in [5.41, 5.74) is 0.269. The molecule has 0 spiro atoms. The topological polar surface area (TPSA) is 15.3 Å². The summed E-state index contributed by atoms with van der Waals surface area (Å²) in [6.07, 6.45) is 1.36. The second kappa shape index (κ2) is 4.63. The molecule has 0 aliphatic carbocycles. The molecule has 0 aromatic rings. The van der Waals surface area contributed by atoms with Crippen LogP contribution in [0.2, 0.25) is 0 Å². The molecule has 1 rings (SSSR count). The van der Waals surface area contributed by atoms with Gasteiger partial charge < -0.3 is 10.2 Å². The Morgan fingerprint density at radius 3 is 2.43 bits per heavy atom. The van der Waals surface area contributed by atoms with Crippen LogP contribution in [0.5, 0.6) is 0 Å². The highest BCUT2D eigenvalue weighted by Crippen LogP contribution is 2.18. The van der Waals surface area contributed by atoms with E-state index in [-0.39, 0.29) is 5.54 Å². The number of rotatable bonds is 3. The van der Waals surface area contributed by atoms with E-state index < -0.39 is 0 Å². The molecule has 1 saturated heterocycles. The highest BCUT2D eigenvalue weighted by Gasteiger charge is 2.24. The van der Waals surface area contributed by atoms with E-state index in [0.29, 0.717) is 0 Å². The largest absolute Gasteiger partial charge is 0.312 e.